The predicted molar refractivity (Wildman–Crippen MR) is 61.3 cm³/mol. The second kappa shape index (κ2) is 3.01. The molecule has 0 unspecified atom stereocenters. The summed E-state index contributed by atoms with van der Waals surface area (Å²) in [5.74, 6) is 1.63. The van der Waals surface area contributed by atoms with Gasteiger partial charge in [0.2, 0.25) is 0 Å². The quantitative estimate of drug-likeness (QED) is 0.662. The lowest BCUT2D eigenvalue weighted by Gasteiger charge is -2.46. The minimum Gasteiger partial charge on any atom is -0.288 e. The zero-order valence-electron chi connectivity index (χ0n) is 9.59. The largest absolute Gasteiger partial charge is 0.288 e. The normalized spacial score (nSPS) is 44.3. The summed E-state index contributed by atoms with van der Waals surface area (Å²) in [4.78, 5) is 11.3. The summed E-state index contributed by atoms with van der Waals surface area (Å²) in [6.45, 7) is 8.72. The van der Waals surface area contributed by atoms with Gasteiger partial charge >= 0.3 is 0 Å². The first-order valence-electron chi connectivity index (χ1n) is 5.57. The van der Waals surface area contributed by atoms with Crippen molar-refractivity contribution in [3.8, 4) is 0 Å². The Morgan fingerprint density at radius 1 is 1.21 bits per heavy atom. The highest BCUT2D eigenvalue weighted by Crippen LogP contribution is 2.66. The molecule has 3 atom stereocenters. The van der Waals surface area contributed by atoms with Crippen molar-refractivity contribution in [3.63, 3.8) is 0 Å². The van der Waals surface area contributed by atoms with Crippen molar-refractivity contribution in [2.24, 2.45) is 17.3 Å². The lowest BCUT2D eigenvalue weighted by molar-refractivity contribution is -0.109. The van der Waals surface area contributed by atoms with Crippen molar-refractivity contribution in [1.29, 1.82) is 0 Å². The number of rotatable bonds is 1. The maximum atomic E-state index is 11.3. The van der Waals surface area contributed by atoms with Gasteiger partial charge in [0.05, 0.1) is 0 Å². The molecule has 0 aromatic carbocycles. The Hall–Kier alpha value is 0.0200. The molecule has 2 bridgehead atoms. The van der Waals surface area contributed by atoms with E-state index in [1.165, 1.54) is 19.3 Å². The van der Waals surface area contributed by atoms with Crippen molar-refractivity contribution in [3.05, 3.63) is 0 Å². The second-order valence-electron chi connectivity index (χ2n) is 5.63. The van der Waals surface area contributed by atoms with E-state index in [0.29, 0.717) is 5.41 Å². The predicted octanol–water partition coefficient (Wildman–Crippen LogP) is 3.48. The first kappa shape index (κ1) is 10.5. The van der Waals surface area contributed by atoms with Gasteiger partial charge in [-0.05, 0) is 43.4 Å². The highest BCUT2D eigenvalue weighted by molar-refractivity contribution is 8.14. The van der Waals surface area contributed by atoms with Crippen LogP contribution in [0.15, 0.2) is 0 Å². The van der Waals surface area contributed by atoms with Crippen molar-refractivity contribution >= 4 is 16.9 Å². The summed E-state index contributed by atoms with van der Waals surface area (Å²) in [7, 11) is 0. The van der Waals surface area contributed by atoms with E-state index in [-0.39, 0.29) is 9.86 Å². The molecule has 2 fully saturated rings. The summed E-state index contributed by atoms with van der Waals surface area (Å²) in [6, 6.07) is 0. The van der Waals surface area contributed by atoms with Crippen LogP contribution in [-0.4, -0.2) is 9.86 Å². The maximum absolute atomic E-state index is 11.3. The Balaban J connectivity index is 2.29. The molecule has 0 amide bonds. The summed E-state index contributed by atoms with van der Waals surface area (Å²) < 4.78 is 0.196. The van der Waals surface area contributed by atoms with E-state index in [1.807, 2.05) is 0 Å². The van der Waals surface area contributed by atoms with Crippen molar-refractivity contribution < 1.29 is 4.79 Å². The first-order valence-corrected chi connectivity index (χ1v) is 6.39. The third-order valence-corrected chi connectivity index (χ3v) is 6.44. The number of carbonyl (C=O) groups excluding carboxylic acids is 1. The van der Waals surface area contributed by atoms with Gasteiger partial charge in [-0.25, -0.2) is 0 Å². The molecular weight excluding hydrogens is 192 g/mol. The molecule has 80 valence electrons. The van der Waals surface area contributed by atoms with Gasteiger partial charge in [0, 0.05) is 11.7 Å². The minimum absolute atomic E-state index is 0.196. The smallest absolute Gasteiger partial charge is 0.186 e. The third-order valence-electron chi connectivity index (χ3n) is 4.87. The fourth-order valence-corrected chi connectivity index (χ4v) is 4.99. The van der Waals surface area contributed by atoms with Gasteiger partial charge in [-0.1, -0.05) is 25.6 Å². The summed E-state index contributed by atoms with van der Waals surface area (Å²) >= 11 is 1.60. The lowest BCUT2D eigenvalue weighted by atomic mass is 9.69. The Morgan fingerprint density at radius 2 is 1.79 bits per heavy atom. The zero-order chi connectivity index (χ0) is 10.6. The van der Waals surface area contributed by atoms with E-state index < -0.39 is 0 Å². The van der Waals surface area contributed by atoms with E-state index >= 15 is 0 Å². The van der Waals surface area contributed by atoms with Crippen LogP contribution in [0.2, 0.25) is 0 Å². The molecule has 1 nitrogen and oxygen atoms in total. The van der Waals surface area contributed by atoms with E-state index in [9.17, 15) is 4.79 Å². The summed E-state index contributed by atoms with van der Waals surface area (Å²) in [5, 5.41) is 0.285. The number of fused-ring (bicyclic) bond motifs is 2. The van der Waals surface area contributed by atoms with Crippen molar-refractivity contribution in [1.82, 2.24) is 0 Å². The third kappa shape index (κ3) is 1.19. The Labute approximate surface area is 91.0 Å². The molecule has 0 aromatic heterocycles. The van der Waals surface area contributed by atoms with Crippen LogP contribution in [0.5, 0.6) is 0 Å². The van der Waals surface area contributed by atoms with Gasteiger partial charge in [0.15, 0.2) is 5.12 Å². The van der Waals surface area contributed by atoms with Crippen LogP contribution in [0.1, 0.15) is 47.0 Å². The Kier molecular flexibility index (Phi) is 2.26. The van der Waals surface area contributed by atoms with Gasteiger partial charge in [-0.15, -0.1) is 0 Å². The molecule has 0 spiro atoms. The first-order chi connectivity index (χ1) is 6.38. The molecule has 0 saturated heterocycles. The summed E-state index contributed by atoms with van der Waals surface area (Å²) in [6.07, 6.45) is 4.07. The molecule has 2 aliphatic rings. The lowest BCUT2D eigenvalue weighted by Crippen LogP contribution is -2.44. The summed E-state index contributed by atoms with van der Waals surface area (Å²) in [5.41, 5.74) is 0.340. The van der Waals surface area contributed by atoms with Crippen LogP contribution >= 0.6 is 11.8 Å². The molecule has 0 heterocycles. The molecule has 2 heteroatoms. The Morgan fingerprint density at radius 3 is 2.21 bits per heavy atom. The average molecular weight is 212 g/mol. The van der Waals surface area contributed by atoms with E-state index in [0.717, 1.165) is 11.8 Å². The fraction of sp³-hybridized carbons (Fsp3) is 0.917. The molecule has 2 saturated carbocycles. The Bertz CT molecular complexity index is 271. The van der Waals surface area contributed by atoms with Gasteiger partial charge in [-0.3, -0.25) is 4.79 Å². The SMILES string of the molecule is CC(=O)S[C@]1(C)[C@H]2CC[C@H](C2)C1(C)C. The molecule has 14 heavy (non-hydrogen) atoms. The van der Waals surface area contributed by atoms with Gasteiger partial charge in [0.25, 0.3) is 0 Å². The zero-order valence-corrected chi connectivity index (χ0v) is 10.4. The van der Waals surface area contributed by atoms with E-state index in [1.54, 1.807) is 18.7 Å². The highest BCUT2D eigenvalue weighted by Gasteiger charge is 2.60. The second-order valence-corrected chi connectivity index (χ2v) is 7.26. The maximum Gasteiger partial charge on any atom is 0.186 e. The van der Waals surface area contributed by atoms with Gasteiger partial charge in [0.1, 0.15) is 0 Å². The fourth-order valence-electron chi connectivity index (χ4n) is 3.58. The number of thioether (sulfide) groups is 1. The monoisotopic (exact) mass is 212 g/mol. The number of hydrogen-bond donors (Lipinski definition) is 0. The molecule has 2 rings (SSSR count). The average Bonchev–Trinajstić information content (AvgIpc) is 2.54. The van der Waals surface area contributed by atoms with Crippen LogP contribution in [0, 0.1) is 17.3 Å². The number of carbonyl (C=O) groups is 1. The number of hydrogen-bond acceptors (Lipinski definition) is 2. The molecule has 0 N–H and O–H groups in total. The van der Waals surface area contributed by atoms with Crippen molar-refractivity contribution in [2.75, 3.05) is 0 Å². The molecule has 2 aliphatic carbocycles. The van der Waals surface area contributed by atoms with Crippen LogP contribution < -0.4 is 0 Å². The molecule has 0 aliphatic heterocycles. The minimum atomic E-state index is 0.196. The topological polar surface area (TPSA) is 17.1 Å². The van der Waals surface area contributed by atoms with Crippen LogP contribution in [-0.2, 0) is 4.79 Å². The van der Waals surface area contributed by atoms with Crippen molar-refractivity contribution in [2.45, 2.75) is 51.7 Å². The standard InChI is InChI=1S/C12H20OS/c1-8(13)14-12(4)10-6-5-9(7-10)11(12,2)3/h9-10H,5-7H2,1-4H3/t9-,10+,12-/m1/s1. The van der Waals surface area contributed by atoms with Gasteiger partial charge in [-0.2, -0.15) is 0 Å². The van der Waals surface area contributed by atoms with Crippen LogP contribution in [0.3, 0.4) is 0 Å². The van der Waals surface area contributed by atoms with Crippen LogP contribution in [0.25, 0.3) is 0 Å². The highest BCUT2D eigenvalue weighted by atomic mass is 32.2. The van der Waals surface area contributed by atoms with Gasteiger partial charge < -0.3 is 0 Å². The van der Waals surface area contributed by atoms with E-state index in [2.05, 4.69) is 20.8 Å². The molecular formula is C12H20OS. The molecule has 0 radical (unpaired) electrons. The molecule has 0 aromatic rings. The van der Waals surface area contributed by atoms with E-state index in [4.69, 9.17) is 0 Å². The van der Waals surface area contributed by atoms with Crippen LogP contribution in [0.4, 0.5) is 0 Å².